The van der Waals surface area contributed by atoms with Crippen molar-refractivity contribution in [2.45, 2.75) is 110 Å². The van der Waals surface area contributed by atoms with Crippen molar-refractivity contribution in [3.63, 3.8) is 0 Å². The summed E-state index contributed by atoms with van der Waals surface area (Å²) in [6.07, 6.45) is 22.1. The van der Waals surface area contributed by atoms with Crippen LogP contribution in [0.15, 0.2) is 12.2 Å². The molecule has 0 saturated carbocycles. The molecule has 0 aromatic heterocycles. The topological polar surface area (TPSA) is 74.6 Å². The molecule has 152 valence electrons. The number of hydrogen-bond acceptors (Lipinski definition) is 2. The summed E-state index contributed by atoms with van der Waals surface area (Å²) in [4.78, 5) is 21.6. The summed E-state index contributed by atoms with van der Waals surface area (Å²) in [5.41, 5.74) is 0. The summed E-state index contributed by atoms with van der Waals surface area (Å²) in [7, 11) is 0. The van der Waals surface area contributed by atoms with E-state index in [1.54, 1.807) is 0 Å². The number of unbranched alkanes of at least 4 members (excludes halogenated alkanes) is 13. The zero-order valence-electron chi connectivity index (χ0n) is 16.8. The normalized spacial score (nSPS) is 12.5. The standard InChI is InChI=1S/C22H40O4/c1-2-3-4-5-6-7-8-9-10-11-12-13-14-15-16-17-18-20(22(25)26)19-21(23)24/h2-3,20H,4-19H2,1H3,(H,23,24)(H,25,26). The van der Waals surface area contributed by atoms with Crippen LogP contribution in [0, 0.1) is 5.92 Å². The van der Waals surface area contributed by atoms with E-state index in [9.17, 15) is 9.59 Å². The van der Waals surface area contributed by atoms with Crippen LogP contribution in [0.3, 0.4) is 0 Å². The second-order valence-corrected chi connectivity index (χ2v) is 7.38. The molecule has 0 fully saturated rings. The third-order valence-electron chi connectivity index (χ3n) is 4.93. The molecule has 0 saturated heterocycles. The van der Waals surface area contributed by atoms with Gasteiger partial charge in [-0.15, -0.1) is 0 Å². The fourth-order valence-electron chi connectivity index (χ4n) is 3.29. The predicted octanol–water partition coefficient (Wildman–Crippen LogP) is 6.59. The van der Waals surface area contributed by atoms with E-state index < -0.39 is 17.9 Å². The zero-order chi connectivity index (χ0) is 19.5. The largest absolute Gasteiger partial charge is 0.481 e. The molecule has 4 nitrogen and oxygen atoms in total. The highest BCUT2D eigenvalue weighted by Crippen LogP contribution is 2.17. The molecule has 0 aliphatic carbocycles. The van der Waals surface area contributed by atoms with Crippen molar-refractivity contribution < 1.29 is 19.8 Å². The second-order valence-electron chi connectivity index (χ2n) is 7.38. The van der Waals surface area contributed by atoms with Crippen molar-refractivity contribution >= 4 is 11.9 Å². The summed E-state index contributed by atoms with van der Waals surface area (Å²) >= 11 is 0. The van der Waals surface area contributed by atoms with Crippen molar-refractivity contribution in [3.05, 3.63) is 12.2 Å². The Kier molecular flexibility index (Phi) is 17.5. The van der Waals surface area contributed by atoms with Crippen molar-refractivity contribution in [1.82, 2.24) is 0 Å². The molecule has 0 aromatic carbocycles. The highest BCUT2D eigenvalue weighted by Gasteiger charge is 2.20. The van der Waals surface area contributed by atoms with Gasteiger partial charge >= 0.3 is 11.9 Å². The van der Waals surface area contributed by atoms with Crippen LogP contribution in [0.4, 0.5) is 0 Å². The zero-order valence-corrected chi connectivity index (χ0v) is 16.8. The van der Waals surface area contributed by atoms with Gasteiger partial charge < -0.3 is 10.2 Å². The second kappa shape index (κ2) is 18.5. The van der Waals surface area contributed by atoms with E-state index in [2.05, 4.69) is 19.1 Å². The summed E-state index contributed by atoms with van der Waals surface area (Å²) in [5, 5.41) is 17.7. The lowest BCUT2D eigenvalue weighted by atomic mass is 9.97. The summed E-state index contributed by atoms with van der Waals surface area (Å²) in [6.45, 7) is 2.08. The molecular formula is C22H40O4. The number of aliphatic carboxylic acids is 2. The van der Waals surface area contributed by atoms with Gasteiger partial charge in [-0.25, -0.2) is 0 Å². The molecule has 0 aromatic rings. The van der Waals surface area contributed by atoms with Gasteiger partial charge in [0.2, 0.25) is 0 Å². The smallest absolute Gasteiger partial charge is 0.307 e. The Labute approximate surface area is 160 Å². The van der Waals surface area contributed by atoms with Gasteiger partial charge in [-0.05, 0) is 26.2 Å². The number of carboxylic acids is 2. The van der Waals surface area contributed by atoms with Gasteiger partial charge in [0.1, 0.15) is 0 Å². The molecular weight excluding hydrogens is 328 g/mol. The molecule has 0 rings (SSSR count). The van der Waals surface area contributed by atoms with Crippen LogP contribution in [0.25, 0.3) is 0 Å². The Morgan fingerprint density at radius 1 is 0.731 bits per heavy atom. The lowest BCUT2D eigenvalue weighted by Crippen LogP contribution is -2.17. The molecule has 1 atom stereocenters. The minimum Gasteiger partial charge on any atom is -0.481 e. The van der Waals surface area contributed by atoms with Crippen molar-refractivity contribution in [3.8, 4) is 0 Å². The SMILES string of the molecule is CC=CCCCCCCCCCCCCCCCC(CC(=O)O)C(=O)O. The van der Waals surface area contributed by atoms with Crippen LogP contribution in [0.2, 0.25) is 0 Å². The van der Waals surface area contributed by atoms with Crippen molar-refractivity contribution in [2.24, 2.45) is 5.92 Å². The van der Waals surface area contributed by atoms with Crippen LogP contribution < -0.4 is 0 Å². The molecule has 2 N–H and O–H groups in total. The predicted molar refractivity (Wildman–Crippen MR) is 107 cm³/mol. The van der Waals surface area contributed by atoms with E-state index >= 15 is 0 Å². The molecule has 0 amide bonds. The van der Waals surface area contributed by atoms with Crippen LogP contribution in [0.5, 0.6) is 0 Å². The Hall–Kier alpha value is -1.32. The minimum atomic E-state index is -1.02. The highest BCUT2D eigenvalue weighted by atomic mass is 16.4. The summed E-state index contributed by atoms with van der Waals surface area (Å²) < 4.78 is 0. The molecule has 4 heteroatoms. The van der Waals surface area contributed by atoms with E-state index in [4.69, 9.17) is 10.2 Å². The highest BCUT2D eigenvalue weighted by molar-refractivity contribution is 5.77. The van der Waals surface area contributed by atoms with Crippen LogP contribution in [-0.2, 0) is 9.59 Å². The van der Waals surface area contributed by atoms with Gasteiger partial charge in [-0.3, -0.25) is 9.59 Å². The van der Waals surface area contributed by atoms with Gasteiger partial charge in [0.05, 0.1) is 12.3 Å². The number of rotatable bonds is 19. The number of carbonyl (C=O) groups is 2. The van der Waals surface area contributed by atoms with Gasteiger partial charge in [0, 0.05) is 0 Å². The average molecular weight is 369 g/mol. The number of carboxylic acid groups (broad SMARTS) is 2. The quantitative estimate of drug-likeness (QED) is 0.199. The fraction of sp³-hybridized carbons (Fsp3) is 0.818. The van der Waals surface area contributed by atoms with E-state index in [-0.39, 0.29) is 6.42 Å². The molecule has 0 bridgehead atoms. The molecule has 0 radical (unpaired) electrons. The lowest BCUT2D eigenvalue weighted by molar-refractivity contribution is -0.148. The van der Waals surface area contributed by atoms with Crippen LogP contribution in [0.1, 0.15) is 110 Å². The fourth-order valence-corrected chi connectivity index (χ4v) is 3.29. The molecule has 0 heterocycles. The Balaban J connectivity index is 3.28. The third-order valence-corrected chi connectivity index (χ3v) is 4.93. The van der Waals surface area contributed by atoms with Crippen molar-refractivity contribution in [2.75, 3.05) is 0 Å². The van der Waals surface area contributed by atoms with Gasteiger partial charge in [0.25, 0.3) is 0 Å². The maximum absolute atomic E-state index is 11.0. The van der Waals surface area contributed by atoms with E-state index in [1.165, 1.54) is 70.6 Å². The van der Waals surface area contributed by atoms with Gasteiger partial charge in [-0.2, -0.15) is 0 Å². The summed E-state index contributed by atoms with van der Waals surface area (Å²) in [6, 6.07) is 0. The molecule has 1 unspecified atom stereocenters. The maximum atomic E-state index is 11.0. The molecule has 0 spiro atoms. The monoisotopic (exact) mass is 368 g/mol. The summed E-state index contributed by atoms with van der Waals surface area (Å²) in [5.74, 6) is -2.73. The van der Waals surface area contributed by atoms with Crippen LogP contribution in [-0.4, -0.2) is 22.2 Å². The molecule has 0 aliphatic rings. The Morgan fingerprint density at radius 3 is 1.54 bits per heavy atom. The van der Waals surface area contributed by atoms with E-state index in [0.29, 0.717) is 6.42 Å². The first-order chi connectivity index (χ1) is 12.6. The van der Waals surface area contributed by atoms with Crippen molar-refractivity contribution in [1.29, 1.82) is 0 Å². The lowest BCUT2D eigenvalue weighted by Gasteiger charge is -2.09. The first kappa shape index (κ1) is 24.7. The van der Waals surface area contributed by atoms with Crippen LogP contribution >= 0.6 is 0 Å². The first-order valence-electron chi connectivity index (χ1n) is 10.6. The van der Waals surface area contributed by atoms with Gasteiger partial charge in [0.15, 0.2) is 0 Å². The third kappa shape index (κ3) is 17.5. The number of hydrogen-bond donors (Lipinski definition) is 2. The maximum Gasteiger partial charge on any atom is 0.307 e. The van der Waals surface area contributed by atoms with E-state index in [0.717, 1.165) is 19.3 Å². The first-order valence-corrected chi connectivity index (χ1v) is 10.6. The Morgan fingerprint density at radius 2 is 1.15 bits per heavy atom. The number of allylic oxidation sites excluding steroid dienone is 2. The van der Waals surface area contributed by atoms with E-state index in [1.807, 2.05) is 0 Å². The Bertz CT molecular complexity index is 376. The molecule has 26 heavy (non-hydrogen) atoms. The minimum absolute atomic E-state index is 0.259. The average Bonchev–Trinajstić information content (AvgIpc) is 2.59. The van der Waals surface area contributed by atoms with Gasteiger partial charge in [-0.1, -0.05) is 89.2 Å². The molecule has 0 aliphatic heterocycles.